The van der Waals surface area contributed by atoms with Crippen LogP contribution >= 0.6 is 0 Å². The van der Waals surface area contributed by atoms with Crippen LogP contribution < -0.4 is 16.8 Å². The molecular formula is C55H78N4O3. The highest BCUT2D eigenvalue weighted by atomic mass is 16.2. The highest BCUT2D eigenvalue weighted by molar-refractivity contribution is 5.92. The minimum Gasteiger partial charge on any atom is -0.370 e. The average molecular weight is 843 g/mol. The molecule has 0 aliphatic heterocycles. The molecule has 1 rings (SSSR count). The normalized spacial score (nSPS) is 13.4. The smallest absolute Gasteiger partial charge is 0.227 e. The van der Waals surface area contributed by atoms with Crippen LogP contribution in [0.15, 0.2) is 170 Å². The topological polar surface area (TPSA) is 128 Å². The third-order valence-electron chi connectivity index (χ3n) is 9.51. The summed E-state index contributed by atoms with van der Waals surface area (Å²) in [5.41, 5.74) is 11.1. The van der Waals surface area contributed by atoms with Crippen molar-refractivity contribution in [1.82, 2.24) is 4.98 Å². The van der Waals surface area contributed by atoms with E-state index in [0.717, 1.165) is 108 Å². The maximum Gasteiger partial charge on any atom is 0.227 e. The lowest BCUT2D eigenvalue weighted by Crippen LogP contribution is -2.22. The van der Waals surface area contributed by atoms with Gasteiger partial charge in [0.05, 0.1) is 0 Å². The van der Waals surface area contributed by atoms with Gasteiger partial charge in [-0.25, -0.2) is 0 Å². The van der Waals surface area contributed by atoms with E-state index >= 15 is 0 Å². The Kier molecular flexibility index (Phi) is 38.2. The number of nitrogens with zero attached hydrogens (tertiary/aromatic N) is 1. The van der Waals surface area contributed by atoms with E-state index in [4.69, 9.17) is 11.5 Å². The highest BCUT2D eigenvalue weighted by Crippen LogP contribution is 2.20. The van der Waals surface area contributed by atoms with Gasteiger partial charge in [-0.1, -0.05) is 165 Å². The van der Waals surface area contributed by atoms with Gasteiger partial charge in [0.15, 0.2) is 0 Å². The first-order valence-corrected chi connectivity index (χ1v) is 23.1. The van der Waals surface area contributed by atoms with Crippen LogP contribution in [0, 0.1) is 5.92 Å². The van der Waals surface area contributed by atoms with Crippen molar-refractivity contribution in [3.8, 4) is 0 Å². The molecule has 0 spiro atoms. The fourth-order valence-electron chi connectivity index (χ4n) is 6.02. The second-order valence-electron chi connectivity index (χ2n) is 15.0. The van der Waals surface area contributed by atoms with Crippen LogP contribution in [0.4, 0.5) is 5.69 Å². The maximum absolute atomic E-state index is 13.2. The fourth-order valence-corrected chi connectivity index (χ4v) is 6.02. The van der Waals surface area contributed by atoms with E-state index in [1.54, 1.807) is 12.4 Å². The number of hydrogen-bond acceptors (Lipinski definition) is 4. The summed E-state index contributed by atoms with van der Waals surface area (Å²) in [5.74, 6) is -0.410. The van der Waals surface area contributed by atoms with Crippen molar-refractivity contribution in [2.45, 2.75) is 141 Å². The lowest BCUT2D eigenvalue weighted by Gasteiger charge is -2.16. The Morgan fingerprint density at radius 2 is 0.742 bits per heavy atom. The molecule has 0 unspecified atom stereocenters. The van der Waals surface area contributed by atoms with Crippen molar-refractivity contribution in [2.24, 2.45) is 17.4 Å². The minimum absolute atomic E-state index is 0.00600. The van der Waals surface area contributed by atoms with Gasteiger partial charge in [-0.2, -0.15) is 0 Å². The van der Waals surface area contributed by atoms with Gasteiger partial charge in [0, 0.05) is 36.8 Å². The van der Waals surface area contributed by atoms with Gasteiger partial charge in [-0.3, -0.25) is 19.4 Å². The molecule has 1 aromatic rings. The molecule has 5 N–H and O–H groups in total. The Bertz CT molecular complexity index is 1650. The van der Waals surface area contributed by atoms with E-state index in [1.165, 1.54) is 12.8 Å². The largest absolute Gasteiger partial charge is 0.370 e. The maximum atomic E-state index is 13.2. The van der Waals surface area contributed by atoms with E-state index in [9.17, 15) is 14.4 Å². The molecule has 0 aliphatic rings. The zero-order valence-electron chi connectivity index (χ0n) is 37.6. The molecule has 3 amide bonds. The number of hydrogen-bond donors (Lipinski definition) is 3. The minimum atomic E-state index is -0.257. The lowest BCUT2D eigenvalue weighted by molar-refractivity contribution is -0.120. The molecule has 0 aliphatic carbocycles. The molecule has 7 nitrogen and oxygen atoms in total. The first-order valence-electron chi connectivity index (χ1n) is 23.1. The first-order chi connectivity index (χ1) is 30.5. The van der Waals surface area contributed by atoms with Gasteiger partial charge >= 0.3 is 0 Å². The predicted octanol–water partition coefficient (Wildman–Crippen LogP) is 13.9. The molecule has 0 aromatic carbocycles. The number of carbonyl (C=O) groups excluding carboxylic acids is 3. The predicted molar refractivity (Wildman–Crippen MR) is 266 cm³/mol. The summed E-state index contributed by atoms with van der Waals surface area (Å²) in [6.45, 7) is 0. The standard InChI is InChI=1S/C55H78N4O3/c56-53(60)45-41-37-33-29-25-21-17-13-9-5-3-1-2-4-7-11-15-19-23-27-31-35-39-43-51(55(62)59-52-47-49-58-50-48-52)44-40-36-32-28-24-20-16-12-8-6-10-14-18-22-26-30-34-38-42-46-54(57)61/h1,3-4,7-10,12-15,19-22,24-26,32-34,36-38,47-51H,2,5-6,11,16-18,23,27-31,35,39-46H2,(H2,56,60)(H2,57,61)(H,58,59,62)/t51-/m0/s1. The van der Waals surface area contributed by atoms with E-state index in [1.807, 2.05) is 24.3 Å². The van der Waals surface area contributed by atoms with Crippen molar-refractivity contribution in [2.75, 3.05) is 5.32 Å². The van der Waals surface area contributed by atoms with E-state index in [2.05, 4.69) is 144 Å². The molecule has 1 heterocycles. The Labute approximate surface area is 375 Å². The van der Waals surface area contributed by atoms with Gasteiger partial charge in [-0.15, -0.1) is 0 Å². The summed E-state index contributed by atoms with van der Waals surface area (Å²) in [6, 6.07) is 3.69. The Morgan fingerprint density at radius 1 is 0.419 bits per heavy atom. The molecule has 62 heavy (non-hydrogen) atoms. The third-order valence-corrected chi connectivity index (χ3v) is 9.51. The fraction of sp³-hybridized carbons (Fsp3) is 0.418. The molecule has 0 saturated carbocycles. The molecule has 0 radical (unpaired) electrons. The molecule has 0 bridgehead atoms. The number of unbranched alkanes of at least 4 members (excludes halogenated alkanes) is 4. The number of aromatic nitrogens is 1. The first kappa shape index (κ1) is 54.5. The third kappa shape index (κ3) is 39.9. The zero-order valence-corrected chi connectivity index (χ0v) is 37.6. The van der Waals surface area contributed by atoms with Gasteiger partial charge in [0.2, 0.25) is 17.7 Å². The Hall–Kier alpha value is -5.56. The number of primary amides is 2. The van der Waals surface area contributed by atoms with Crippen LogP contribution in [0.1, 0.15) is 141 Å². The number of nitrogens with one attached hydrogen (secondary N) is 1. The number of pyridine rings is 1. The second-order valence-corrected chi connectivity index (χ2v) is 15.0. The van der Waals surface area contributed by atoms with Crippen LogP contribution in [0.5, 0.6) is 0 Å². The molecule has 0 fully saturated rings. The average Bonchev–Trinajstić information content (AvgIpc) is 3.26. The number of amides is 3. The van der Waals surface area contributed by atoms with Gasteiger partial charge in [0.25, 0.3) is 0 Å². The van der Waals surface area contributed by atoms with Crippen molar-refractivity contribution in [3.63, 3.8) is 0 Å². The number of rotatable bonds is 38. The van der Waals surface area contributed by atoms with Crippen LogP contribution in [0.3, 0.4) is 0 Å². The quantitative estimate of drug-likeness (QED) is 0.0452. The summed E-state index contributed by atoms with van der Waals surface area (Å²) in [4.78, 5) is 38.7. The summed E-state index contributed by atoms with van der Waals surface area (Å²) >= 11 is 0. The highest BCUT2D eigenvalue weighted by Gasteiger charge is 2.17. The number of nitrogens with two attached hydrogens (primary N) is 2. The Morgan fingerprint density at radius 3 is 1.11 bits per heavy atom. The zero-order chi connectivity index (χ0) is 44.7. The van der Waals surface area contributed by atoms with Gasteiger partial charge in [-0.05, 0) is 121 Å². The number of allylic oxidation sites excluding steroid dienone is 24. The monoisotopic (exact) mass is 843 g/mol. The molecule has 1 atom stereocenters. The van der Waals surface area contributed by atoms with Crippen molar-refractivity contribution < 1.29 is 14.4 Å². The van der Waals surface area contributed by atoms with Crippen LogP contribution in [-0.2, 0) is 14.4 Å². The molecule has 7 heteroatoms. The molecule has 336 valence electrons. The lowest BCUT2D eigenvalue weighted by atomic mass is 9.94. The second kappa shape index (κ2) is 43.5. The van der Waals surface area contributed by atoms with E-state index in [-0.39, 0.29) is 23.6 Å². The Balaban J connectivity index is 2.20. The SMILES string of the molecule is NC(=O)CCC=CCC=CCC=CCC=CCC=CCC=CCCCCCC[C@@H](CCC=CCC=CCC=CCC=CCC=CCC=CCCC(N)=O)C(=O)Nc1ccncc1. The van der Waals surface area contributed by atoms with Crippen molar-refractivity contribution in [3.05, 3.63) is 170 Å². The van der Waals surface area contributed by atoms with Crippen LogP contribution in [-0.4, -0.2) is 22.7 Å². The van der Waals surface area contributed by atoms with E-state index < -0.39 is 0 Å². The molecular weight excluding hydrogens is 765 g/mol. The van der Waals surface area contributed by atoms with Crippen LogP contribution in [0.25, 0.3) is 0 Å². The number of carbonyl (C=O) groups is 3. The van der Waals surface area contributed by atoms with Crippen molar-refractivity contribution >= 4 is 23.4 Å². The summed E-state index contributed by atoms with van der Waals surface area (Å²) < 4.78 is 0. The number of anilines is 1. The summed E-state index contributed by atoms with van der Waals surface area (Å²) in [6.07, 6.45) is 75.4. The molecule has 1 aromatic heterocycles. The van der Waals surface area contributed by atoms with Crippen molar-refractivity contribution in [1.29, 1.82) is 0 Å². The van der Waals surface area contributed by atoms with E-state index in [0.29, 0.717) is 25.7 Å². The summed E-state index contributed by atoms with van der Waals surface area (Å²) in [5, 5.41) is 3.10. The molecule has 0 saturated heterocycles. The summed E-state index contributed by atoms with van der Waals surface area (Å²) in [7, 11) is 0. The van der Waals surface area contributed by atoms with Gasteiger partial charge < -0.3 is 16.8 Å². The van der Waals surface area contributed by atoms with Crippen LogP contribution in [0.2, 0.25) is 0 Å². The van der Waals surface area contributed by atoms with Gasteiger partial charge in [0.1, 0.15) is 0 Å².